The maximum absolute atomic E-state index is 12.4. The fourth-order valence-corrected chi connectivity index (χ4v) is 2.85. The zero-order valence-corrected chi connectivity index (χ0v) is 11.8. The molecule has 5 nitrogen and oxygen atoms in total. The number of hydrogen-bond acceptors (Lipinski definition) is 4. The van der Waals surface area contributed by atoms with Crippen molar-refractivity contribution >= 4 is 10.0 Å². The Bertz CT molecular complexity index is 529. The van der Waals surface area contributed by atoms with Gasteiger partial charge in [0.05, 0.1) is 12.8 Å². The summed E-state index contributed by atoms with van der Waals surface area (Å²) in [4.78, 5) is 3.44. The molecule has 0 unspecified atom stereocenters. The lowest BCUT2D eigenvalue weighted by Crippen LogP contribution is -2.38. The van der Waals surface area contributed by atoms with Crippen molar-refractivity contribution in [2.75, 3.05) is 19.7 Å². The number of pyridine rings is 1. The van der Waals surface area contributed by atoms with Crippen LogP contribution in [0.2, 0.25) is 0 Å². The molecule has 0 aliphatic heterocycles. The molecule has 0 N–H and O–H groups in total. The first kappa shape index (κ1) is 16.7. The van der Waals surface area contributed by atoms with Crippen LogP contribution in [0.4, 0.5) is 13.2 Å². The van der Waals surface area contributed by atoms with Gasteiger partial charge >= 0.3 is 6.18 Å². The standard InChI is InChI=1S/C11H15F3N2O3S/c1-3-16(8-11(12,13)14)20(17,18)9-5-6-10(15-7-9)19-4-2/h5-7H,3-4,8H2,1-2H3. The monoisotopic (exact) mass is 312 g/mol. The van der Waals surface area contributed by atoms with Gasteiger partial charge in [0.25, 0.3) is 0 Å². The molecular formula is C11H15F3N2O3S. The number of rotatable bonds is 6. The molecule has 0 aliphatic carbocycles. The van der Waals surface area contributed by atoms with Crippen molar-refractivity contribution in [2.24, 2.45) is 0 Å². The molecule has 9 heteroatoms. The molecule has 1 aromatic rings. The van der Waals surface area contributed by atoms with E-state index in [1.165, 1.54) is 19.1 Å². The molecule has 114 valence electrons. The van der Waals surface area contributed by atoms with E-state index in [9.17, 15) is 21.6 Å². The molecule has 0 amide bonds. The van der Waals surface area contributed by atoms with Gasteiger partial charge in [0.2, 0.25) is 15.9 Å². The summed E-state index contributed by atoms with van der Waals surface area (Å²) in [7, 11) is -4.22. The molecule has 0 aliphatic rings. The Balaban J connectivity index is 3.01. The second-order valence-corrected chi connectivity index (χ2v) is 5.75. The van der Waals surface area contributed by atoms with E-state index in [0.717, 1.165) is 6.20 Å². The largest absolute Gasteiger partial charge is 0.478 e. The summed E-state index contributed by atoms with van der Waals surface area (Å²) in [5, 5.41) is 0. The summed E-state index contributed by atoms with van der Waals surface area (Å²) in [5.74, 6) is 0.213. The minimum atomic E-state index is -4.60. The summed E-state index contributed by atoms with van der Waals surface area (Å²) in [6.07, 6.45) is -3.61. The van der Waals surface area contributed by atoms with Gasteiger partial charge in [-0.1, -0.05) is 6.92 Å². The number of halogens is 3. The van der Waals surface area contributed by atoms with Crippen molar-refractivity contribution in [2.45, 2.75) is 24.9 Å². The van der Waals surface area contributed by atoms with Crippen LogP contribution in [0.5, 0.6) is 5.88 Å². The molecule has 0 saturated carbocycles. The molecule has 0 atom stereocenters. The highest BCUT2D eigenvalue weighted by Gasteiger charge is 2.36. The number of hydrogen-bond donors (Lipinski definition) is 0. The Labute approximate surface area is 115 Å². The normalized spacial score (nSPS) is 12.7. The van der Waals surface area contributed by atoms with Gasteiger partial charge in [0, 0.05) is 12.6 Å². The van der Waals surface area contributed by atoms with Crippen molar-refractivity contribution in [1.29, 1.82) is 0 Å². The summed E-state index contributed by atoms with van der Waals surface area (Å²) < 4.78 is 66.6. The van der Waals surface area contributed by atoms with Crippen LogP contribution in [0.1, 0.15) is 13.8 Å². The van der Waals surface area contributed by atoms with E-state index in [-0.39, 0.29) is 17.3 Å². The zero-order chi connectivity index (χ0) is 15.4. The second kappa shape index (κ2) is 6.40. The fraction of sp³-hybridized carbons (Fsp3) is 0.545. The molecular weight excluding hydrogens is 297 g/mol. The number of nitrogens with zero attached hydrogens (tertiary/aromatic N) is 2. The smallest absolute Gasteiger partial charge is 0.402 e. The van der Waals surface area contributed by atoms with Crippen LogP contribution >= 0.6 is 0 Å². The first-order valence-electron chi connectivity index (χ1n) is 5.86. The average molecular weight is 312 g/mol. The lowest BCUT2D eigenvalue weighted by Gasteiger charge is -2.21. The number of aromatic nitrogens is 1. The minimum Gasteiger partial charge on any atom is -0.478 e. The summed E-state index contributed by atoms with van der Waals surface area (Å²) in [6, 6.07) is 2.48. The van der Waals surface area contributed by atoms with E-state index in [0.29, 0.717) is 10.9 Å². The lowest BCUT2D eigenvalue weighted by atomic mass is 10.5. The molecule has 20 heavy (non-hydrogen) atoms. The predicted molar refractivity (Wildman–Crippen MR) is 65.9 cm³/mol. The van der Waals surface area contributed by atoms with Crippen LogP contribution in [0.3, 0.4) is 0 Å². The summed E-state index contributed by atoms with van der Waals surface area (Å²) in [5.41, 5.74) is 0. The van der Waals surface area contributed by atoms with Crippen molar-refractivity contribution in [3.05, 3.63) is 18.3 Å². The predicted octanol–water partition coefficient (Wildman–Crippen LogP) is 2.05. The number of sulfonamides is 1. The minimum absolute atomic E-state index is 0.213. The SMILES string of the molecule is CCOc1ccc(S(=O)(=O)N(CC)CC(F)(F)F)cn1. The Hall–Kier alpha value is -1.35. The zero-order valence-electron chi connectivity index (χ0n) is 11.0. The van der Waals surface area contributed by atoms with Gasteiger partial charge < -0.3 is 4.74 Å². The fourth-order valence-electron chi connectivity index (χ4n) is 1.47. The molecule has 1 aromatic heterocycles. The van der Waals surface area contributed by atoms with Gasteiger partial charge in [-0.25, -0.2) is 13.4 Å². The molecule has 1 heterocycles. The van der Waals surface area contributed by atoms with Crippen LogP contribution in [-0.2, 0) is 10.0 Å². The molecule has 0 radical (unpaired) electrons. The summed E-state index contributed by atoms with van der Waals surface area (Å²) in [6.45, 7) is 1.61. The van der Waals surface area contributed by atoms with E-state index in [1.807, 2.05) is 0 Å². The third-order valence-corrected chi connectivity index (χ3v) is 4.25. The van der Waals surface area contributed by atoms with Gasteiger partial charge in [-0.05, 0) is 13.0 Å². The van der Waals surface area contributed by atoms with Gasteiger partial charge in [0.1, 0.15) is 11.4 Å². The van der Waals surface area contributed by atoms with Crippen molar-refractivity contribution in [3.63, 3.8) is 0 Å². The van der Waals surface area contributed by atoms with Crippen molar-refractivity contribution in [3.8, 4) is 5.88 Å². The number of alkyl halides is 3. The van der Waals surface area contributed by atoms with Crippen LogP contribution in [-0.4, -0.2) is 43.6 Å². The third kappa shape index (κ3) is 4.34. The van der Waals surface area contributed by atoms with E-state index < -0.39 is 22.7 Å². The maximum atomic E-state index is 12.4. The van der Waals surface area contributed by atoms with E-state index >= 15 is 0 Å². The average Bonchev–Trinajstić information content (AvgIpc) is 2.36. The quantitative estimate of drug-likeness (QED) is 0.806. The molecule has 0 aromatic carbocycles. The Morgan fingerprint density at radius 3 is 2.35 bits per heavy atom. The Morgan fingerprint density at radius 1 is 1.30 bits per heavy atom. The van der Waals surface area contributed by atoms with Crippen LogP contribution in [0.25, 0.3) is 0 Å². The maximum Gasteiger partial charge on any atom is 0.402 e. The van der Waals surface area contributed by atoms with Crippen LogP contribution in [0.15, 0.2) is 23.2 Å². The van der Waals surface area contributed by atoms with Gasteiger partial charge in [-0.2, -0.15) is 17.5 Å². The highest BCUT2D eigenvalue weighted by Crippen LogP contribution is 2.22. The van der Waals surface area contributed by atoms with Crippen LogP contribution in [0, 0.1) is 0 Å². The van der Waals surface area contributed by atoms with Crippen molar-refractivity contribution in [1.82, 2.24) is 9.29 Å². The first-order valence-corrected chi connectivity index (χ1v) is 7.30. The third-order valence-electron chi connectivity index (χ3n) is 2.35. The molecule has 0 saturated heterocycles. The van der Waals surface area contributed by atoms with E-state index in [1.54, 1.807) is 6.92 Å². The highest BCUT2D eigenvalue weighted by molar-refractivity contribution is 7.89. The van der Waals surface area contributed by atoms with E-state index in [2.05, 4.69) is 4.98 Å². The first-order chi connectivity index (χ1) is 9.20. The highest BCUT2D eigenvalue weighted by atomic mass is 32.2. The Morgan fingerprint density at radius 2 is 1.95 bits per heavy atom. The molecule has 1 rings (SSSR count). The molecule has 0 bridgehead atoms. The second-order valence-electron chi connectivity index (χ2n) is 3.81. The topological polar surface area (TPSA) is 59.5 Å². The van der Waals surface area contributed by atoms with Gasteiger partial charge in [-0.15, -0.1) is 0 Å². The lowest BCUT2D eigenvalue weighted by molar-refractivity contribution is -0.135. The van der Waals surface area contributed by atoms with Gasteiger partial charge in [0.15, 0.2) is 0 Å². The molecule has 0 fully saturated rings. The molecule has 0 spiro atoms. The van der Waals surface area contributed by atoms with E-state index in [4.69, 9.17) is 4.74 Å². The number of ether oxygens (including phenoxy) is 1. The van der Waals surface area contributed by atoms with Crippen LogP contribution < -0.4 is 4.74 Å². The summed E-state index contributed by atoms with van der Waals surface area (Å²) >= 11 is 0. The van der Waals surface area contributed by atoms with Gasteiger partial charge in [-0.3, -0.25) is 0 Å². The van der Waals surface area contributed by atoms with Crippen molar-refractivity contribution < 1.29 is 26.3 Å². The Kier molecular flexibility index (Phi) is 5.35.